The van der Waals surface area contributed by atoms with Crippen molar-refractivity contribution in [3.63, 3.8) is 0 Å². The minimum Gasteiger partial charge on any atom is -0.463 e. The van der Waals surface area contributed by atoms with Crippen LogP contribution >= 0.6 is 0 Å². The van der Waals surface area contributed by atoms with Crippen molar-refractivity contribution in [2.75, 3.05) is 7.11 Å². The van der Waals surface area contributed by atoms with Crippen molar-refractivity contribution >= 4 is 5.82 Å². The van der Waals surface area contributed by atoms with Gasteiger partial charge in [0.1, 0.15) is 6.67 Å². The Morgan fingerprint density at radius 1 is 1.50 bits per heavy atom. The first-order valence-electron chi connectivity index (χ1n) is 4.32. The van der Waals surface area contributed by atoms with Crippen molar-refractivity contribution in [1.82, 2.24) is 4.98 Å². The monoisotopic (exact) mass is 270 g/mol. The molecule has 0 amide bonds. The molecular formula is C8H6F4N2O4. The van der Waals surface area contributed by atoms with Crippen molar-refractivity contribution < 1.29 is 32.0 Å². The predicted molar refractivity (Wildman–Crippen MR) is 48.9 cm³/mol. The van der Waals surface area contributed by atoms with E-state index in [1.54, 1.807) is 0 Å². The van der Waals surface area contributed by atoms with E-state index in [0.717, 1.165) is 13.2 Å². The summed E-state index contributed by atoms with van der Waals surface area (Å²) in [6, 6.07) is 0.786. The summed E-state index contributed by atoms with van der Waals surface area (Å²) in [5.74, 6) is -2.93. The summed E-state index contributed by atoms with van der Waals surface area (Å²) in [7, 11) is 1.08. The molecule has 0 aliphatic rings. The summed E-state index contributed by atoms with van der Waals surface area (Å²) in [5, 5.41) is 10.6. The fraction of sp³-hybridized carbons (Fsp3) is 0.375. The third-order valence-electron chi connectivity index (χ3n) is 1.75. The van der Waals surface area contributed by atoms with E-state index < -0.39 is 35.1 Å². The molecule has 0 aliphatic heterocycles. The van der Waals surface area contributed by atoms with Crippen LogP contribution in [0.2, 0.25) is 0 Å². The molecule has 1 rings (SSSR count). The lowest BCUT2D eigenvalue weighted by Gasteiger charge is -2.11. The lowest BCUT2D eigenvalue weighted by molar-refractivity contribution is -0.393. The van der Waals surface area contributed by atoms with Gasteiger partial charge in [-0.25, -0.2) is 4.39 Å². The van der Waals surface area contributed by atoms with Crippen LogP contribution in [0.1, 0.15) is 5.56 Å². The smallest absolute Gasteiger partial charge is 0.463 e. The van der Waals surface area contributed by atoms with Crippen LogP contribution in [-0.2, 0) is 6.67 Å². The van der Waals surface area contributed by atoms with Gasteiger partial charge < -0.3 is 19.6 Å². The number of hydrogen-bond acceptors (Lipinski definition) is 5. The van der Waals surface area contributed by atoms with Crippen LogP contribution in [0.5, 0.6) is 11.6 Å². The number of halogens is 4. The van der Waals surface area contributed by atoms with Gasteiger partial charge >= 0.3 is 18.1 Å². The largest absolute Gasteiger partial charge is 0.573 e. The predicted octanol–water partition coefficient (Wildman–Crippen LogP) is 2.37. The highest BCUT2D eigenvalue weighted by Crippen LogP contribution is 2.36. The number of methoxy groups -OCH3 is 1. The average Bonchev–Trinajstić information content (AvgIpc) is 2.26. The number of hydrogen-bond donors (Lipinski definition) is 0. The fourth-order valence-corrected chi connectivity index (χ4v) is 1.10. The quantitative estimate of drug-likeness (QED) is 0.477. The van der Waals surface area contributed by atoms with Gasteiger partial charge in [0.2, 0.25) is 5.75 Å². The highest BCUT2D eigenvalue weighted by Gasteiger charge is 2.37. The summed E-state index contributed by atoms with van der Waals surface area (Å²) in [6.07, 6.45) is -5.19. The number of alkyl halides is 4. The Kier molecular flexibility index (Phi) is 3.89. The number of aromatic nitrogens is 1. The van der Waals surface area contributed by atoms with Gasteiger partial charge in [-0.05, 0) is 4.92 Å². The van der Waals surface area contributed by atoms with Crippen molar-refractivity contribution in [2.24, 2.45) is 0 Å². The molecule has 18 heavy (non-hydrogen) atoms. The normalized spacial score (nSPS) is 11.2. The maximum absolute atomic E-state index is 12.6. The zero-order chi connectivity index (χ0) is 13.9. The maximum Gasteiger partial charge on any atom is 0.573 e. The first-order valence-corrected chi connectivity index (χ1v) is 4.32. The van der Waals surface area contributed by atoms with Crippen LogP contribution in [0.4, 0.5) is 23.4 Å². The Labute approximate surface area is 97.3 Å². The molecule has 10 heteroatoms. The number of ether oxygens (including phenoxy) is 2. The Morgan fingerprint density at radius 3 is 2.50 bits per heavy atom. The van der Waals surface area contributed by atoms with Crippen molar-refractivity contribution in [3.05, 3.63) is 21.7 Å². The van der Waals surface area contributed by atoms with E-state index in [1.807, 2.05) is 0 Å². The number of pyridine rings is 1. The van der Waals surface area contributed by atoms with E-state index in [2.05, 4.69) is 14.5 Å². The molecule has 1 aromatic rings. The highest BCUT2D eigenvalue weighted by molar-refractivity contribution is 5.49. The topological polar surface area (TPSA) is 74.5 Å². The Hall–Kier alpha value is -2.13. The van der Waals surface area contributed by atoms with Gasteiger partial charge in [-0.15, -0.1) is 13.2 Å². The molecule has 0 fully saturated rings. The van der Waals surface area contributed by atoms with Gasteiger partial charge in [-0.1, -0.05) is 0 Å². The SMILES string of the molecule is COc1cc(CF)c(OC(F)(F)F)c([N+](=O)[O-])n1. The van der Waals surface area contributed by atoms with Crippen LogP contribution in [0.15, 0.2) is 6.07 Å². The van der Waals surface area contributed by atoms with Gasteiger partial charge in [0, 0.05) is 16.6 Å². The van der Waals surface area contributed by atoms with E-state index in [9.17, 15) is 27.7 Å². The molecule has 0 N–H and O–H groups in total. The fourth-order valence-electron chi connectivity index (χ4n) is 1.10. The second-order valence-corrected chi connectivity index (χ2v) is 2.92. The summed E-state index contributed by atoms with van der Waals surface area (Å²) in [6.45, 7) is -1.40. The summed E-state index contributed by atoms with van der Waals surface area (Å²) in [5.41, 5.74) is -0.675. The average molecular weight is 270 g/mol. The molecule has 0 bridgehead atoms. The van der Waals surface area contributed by atoms with Crippen LogP contribution in [0.3, 0.4) is 0 Å². The van der Waals surface area contributed by atoms with Gasteiger partial charge in [0.15, 0.2) is 0 Å². The molecule has 0 atom stereocenters. The Morgan fingerprint density at radius 2 is 2.11 bits per heavy atom. The third kappa shape index (κ3) is 3.18. The van der Waals surface area contributed by atoms with Crippen molar-refractivity contribution in [3.8, 4) is 11.6 Å². The van der Waals surface area contributed by atoms with E-state index in [4.69, 9.17) is 0 Å². The van der Waals surface area contributed by atoms with Crippen LogP contribution in [0.25, 0.3) is 0 Å². The molecule has 1 heterocycles. The standard InChI is InChI=1S/C8H6F4N2O4/c1-17-5-2-4(3-9)6(18-8(10,11)12)7(13-5)14(15)16/h2H,3H2,1H3. The lowest BCUT2D eigenvalue weighted by atomic mass is 10.2. The number of nitro groups is 1. The summed E-state index contributed by atoms with van der Waals surface area (Å²) >= 11 is 0. The first kappa shape index (κ1) is 13.9. The van der Waals surface area contributed by atoms with Gasteiger partial charge in [0.05, 0.1) is 7.11 Å². The molecule has 6 nitrogen and oxygen atoms in total. The van der Waals surface area contributed by atoms with Crippen molar-refractivity contribution in [1.29, 1.82) is 0 Å². The van der Waals surface area contributed by atoms with E-state index >= 15 is 0 Å². The Bertz CT molecular complexity index is 463. The van der Waals surface area contributed by atoms with Gasteiger partial charge in [0.25, 0.3) is 0 Å². The minimum absolute atomic E-state index is 0.385. The zero-order valence-corrected chi connectivity index (χ0v) is 8.82. The molecule has 0 unspecified atom stereocenters. The summed E-state index contributed by atoms with van der Waals surface area (Å²) in [4.78, 5) is 12.5. The molecule has 0 saturated carbocycles. The third-order valence-corrected chi connectivity index (χ3v) is 1.75. The molecule has 0 spiro atoms. The molecule has 0 saturated heterocycles. The van der Waals surface area contributed by atoms with Crippen LogP contribution in [-0.4, -0.2) is 23.4 Å². The van der Waals surface area contributed by atoms with Gasteiger partial charge in [-0.2, -0.15) is 0 Å². The van der Waals surface area contributed by atoms with Crippen LogP contribution < -0.4 is 9.47 Å². The molecule has 100 valence electrons. The van der Waals surface area contributed by atoms with Crippen molar-refractivity contribution in [2.45, 2.75) is 13.0 Å². The van der Waals surface area contributed by atoms with Gasteiger partial charge in [-0.3, -0.25) is 0 Å². The Balaban J connectivity index is 3.39. The molecule has 0 radical (unpaired) electrons. The maximum atomic E-state index is 12.6. The first-order chi connectivity index (χ1) is 8.28. The molecule has 1 aromatic heterocycles. The second-order valence-electron chi connectivity index (χ2n) is 2.92. The lowest BCUT2D eigenvalue weighted by Crippen LogP contribution is -2.19. The number of nitrogens with zero attached hydrogens (tertiary/aromatic N) is 2. The minimum atomic E-state index is -5.19. The van der Waals surface area contributed by atoms with E-state index in [1.165, 1.54) is 0 Å². The van der Waals surface area contributed by atoms with Crippen LogP contribution in [0, 0.1) is 10.1 Å². The van der Waals surface area contributed by atoms with E-state index in [-0.39, 0.29) is 5.88 Å². The molecule has 0 aromatic carbocycles. The number of rotatable bonds is 4. The molecule has 0 aliphatic carbocycles. The van der Waals surface area contributed by atoms with E-state index in [0.29, 0.717) is 0 Å². The highest BCUT2D eigenvalue weighted by atomic mass is 19.4. The summed E-state index contributed by atoms with van der Waals surface area (Å²) < 4.78 is 56.7. The second kappa shape index (κ2) is 5.02. The zero-order valence-electron chi connectivity index (χ0n) is 8.82. The molecular weight excluding hydrogens is 264 g/mol.